The van der Waals surface area contributed by atoms with Crippen molar-refractivity contribution in [3.63, 3.8) is 0 Å². The third-order valence-electron chi connectivity index (χ3n) is 4.25. The summed E-state index contributed by atoms with van der Waals surface area (Å²) in [6, 6.07) is 5.41. The zero-order valence-electron chi connectivity index (χ0n) is 18.3. The molecule has 3 aromatic rings. The second-order valence-electron chi connectivity index (χ2n) is 6.92. The van der Waals surface area contributed by atoms with Crippen molar-refractivity contribution in [1.29, 1.82) is 0 Å². The highest BCUT2D eigenvalue weighted by molar-refractivity contribution is 7.90. The molecule has 0 aliphatic carbocycles. The van der Waals surface area contributed by atoms with Gasteiger partial charge in [-0.25, -0.2) is 22.6 Å². The number of aryl methyl sites for hydroxylation is 2. The highest BCUT2D eigenvalue weighted by Gasteiger charge is 2.38. The summed E-state index contributed by atoms with van der Waals surface area (Å²) in [5.41, 5.74) is 2.27. The Morgan fingerprint density at radius 1 is 1.15 bits per heavy atom. The van der Waals surface area contributed by atoms with Gasteiger partial charge in [-0.05, 0) is 38.1 Å². The van der Waals surface area contributed by atoms with Gasteiger partial charge in [0.2, 0.25) is 5.95 Å². The van der Waals surface area contributed by atoms with E-state index in [1.54, 1.807) is 16.9 Å². The summed E-state index contributed by atoms with van der Waals surface area (Å²) in [5, 5.41) is 17.5. The number of sulfone groups is 1. The second kappa shape index (κ2) is 10.0. The molecule has 3 N–H and O–H groups in total. The molecule has 34 heavy (non-hydrogen) atoms. The van der Waals surface area contributed by atoms with Gasteiger partial charge in [0.05, 0.1) is 5.69 Å². The molecule has 0 radical (unpaired) electrons. The van der Waals surface area contributed by atoms with Crippen molar-refractivity contribution in [2.24, 2.45) is 7.05 Å². The number of benzene rings is 1. The number of rotatable bonds is 5. The first kappa shape index (κ1) is 26.5. The molecule has 184 valence electrons. The minimum Gasteiger partial charge on any atom is -0.475 e. The van der Waals surface area contributed by atoms with Crippen LogP contribution in [0, 0.1) is 19.7 Å². The van der Waals surface area contributed by atoms with Gasteiger partial charge in [0.25, 0.3) is 0 Å². The van der Waals surface area contributed by atoms with Gasteiger partial charge in [-0.3, -0.25) is 4.68 Å². The Morgan fingerprint density at radius 2 is 1.76 bits per heavy atom. The summed E-state index contributed by atoms with van der Waals surface area (Å²) in [7, 11) is -1.85. The molecule has 2 heterocycles. The standard InChI is InChI=1S/C17H19FN6O2S.C2HF3O2/c1-10-11(2)23-24(3)16(10)21-15-7-8-19-17(22-15)20-12-5-6-13(18)14(9-12)27(4,25)26;3-2(4,5)1(6)7/h5-9H,1-4H3,(H2,19,20,21,22);(H,6,7). The first-order valence-corrected chi connectivity index (χ1v) is 11.2. The fraction of sp³-hybridized carbons (Fsp3) is 0.263. The summed E-state index contributed by atoms with van der Waals surface area (Å²) in [4.78, 5) is 17.0. The summed E-state index contributed by atoms with van der Waals surface area (Å²) in [6.45, 7) is 3.87. The van der Waals surface area contributed by atoms with E-state index in [4.69, 9.17) is 9.90 Å². The lowest BCUT2D eigenvalue weighted by molar-refractivity contribution is -0.192. The number of hydrogen-bond acceptors (Lipinski definition) is 8. The number of halogens is 4. The van der Waals surface area contributed by atoms with Crippen LogP contribution in [0.4, 0.5) is 40.8 Å². The molecule has 1 aromatic carbocycles. The fourth-order valence-electron chi connectivity index (χ4n) is 2.54. The van der Waals surface area contributed by atoms with Crippen LogP contribution >= 0.6 is 0 Å². The van der Waals surface area contributed by atoms with Crippen molar-refractivity contribution in [1.82, 2.24) is 19.7 Å². The van der Waals surface area contributed by atoms with Crippen LogP contribution in [0.5, 0.6) is 0 Å². The molecule has 2 aromatic heterocycles. The van der Waals surface area contributed by atoms with Crippen molar-refractivity contribution in [3.8, 4) is 0 Å². The van der Waals surface area contributed by atoms with Crippen LogP contribution in [-0.2, 0) is 21.7 Å². The molecule has 0 fully saturated rings. The predicted molar refractivity (Wildman–Crippen MR) is 114 cm³/mol. The maximum atomic E-state index is 13.7. The van der Waals surface area contributed by atoms with Crippen LogP contribution in [-0.4, -0.2) is 51.7 Å². The summed E-state index contributed by atoms with van der Waals surface area (Å²) >= 11 is 0. The molecule has 0 spiro atoms. The van der Waals surface area contributed by atoms with Gasteiger partial charge >= 0.3 is 12.1 Å². The van der Waals surface area contributed by atoms with Crippen molar-refractivity contribution in [2.45, 2.75) is 24.9 Å². The lowest BCUT2D eigenvalue weighted by Gasteiger charge is -2.10. The monoisotopic (exact) mass is 504 g/mol. The number of carbonyl (C=O) groups is 1. The van der Waals surface area contributed by atoms with Crippen LogP contribution in [0.2, 0.25) is 0 Å². The number of anilines is 4. The lowest BCUT2D eigenvalue weighted by atomic mass is 10.3. The number of carboxylic acids is 1. The zero-order valence-corrected chi connectivity index (χ0v) is 19.1. The number of alkyl halides is 3. The van der Waals surface area contributed by atoms with Gasteiger partial charge in [-0.15, -0.1) is 0 Å². The highest BCUT2D eigenvalue weighted by Crippen LogP contribution is 2.24. The zero-order chi connectivity index (χ0) is 25.8. The van der Waals surface area contributed by atoms with E-state index >= 15 is 0 Å². The largest absolute Gasteiger partial charge is 0.490 e. The summed E-state index contributed by atoms with van der Waals surface area (Å²) < 4.78 is 70.5. The van der Waals surface area contributed by atoms with E-state index in [9.17, 15) is 26.0 Å². The Morgan fingerprint density at radius 3 is 2.26 bits per heavy atom. The predicted octanol–water partition coefficient (Wildman–Crippen LogP) is 3.49. The average molecular weight is 504 g/mol. The van der Waals surface area contributed by atoms with Gasteiger partial charge < -0.3 is 15.7 Å². The number of hydrogen-bond donors (Lipinski definition) is 3. The van der Waals surface area contributed by atoms with Crippen LogP contribution in [0.15, 0.2) is 35.4 Å². The van der Waals surface area contributed by atoms with Gasteiger partial charge in [0.1, 0.15) is 22.3 Å². The van der Waals surface area contributed by atoms with E-state index in [1.807, 2.05) is 20.9 Å². The SMILES string of the molecule is Cc1nn(C)c(Nc2ccnc(Nc3ccc(F)c(S(C)(=O)=O)c3)n2)c1C.O=C(O)C(F)(F)F. The van der Waals surface area contributed by atoms with E-state index in [0.29, 0.717) is 11.5 Å². The quantitative estimate of drug-likeness (QED) is 0.446. The van der Waals surface area contributed by atoms with Crippen LogP contribution in [0.1, 0.15) is 11.3 Å². The van der Waals surface area contributed by atoms with E-state index in [-0.39, 0.29) is 10.8 Å². The maximum absolute atomic E-state index is 13.7. The molecule has 0 amide bonds. The van der Waals surface area contributed by atoms with E-state index in [2.05, 4.69) is 25.7 Å². The number of nitrogens with one attached hydrogen (secondary N) is 2. The molecule has 0 aliphatic rings. The third kappa shape index (κ3) is 6.87. The maximum Gasteiger partial charge on any atom is 0.490 e. The van der Waals surface area contributed by atoms with Gasteiger partial charge in [0.15, 0.2) is 9.84 Å². The normalized spacial score (nSPS) is 11.4. The Bertz CT molecular complexity index is 1310. The molecule has 0 aliphatic heterocycles. The molecule has 10 nitrogen and oxygen atoms in total. The number of carboxylic acid groups (broad SMARTS) is 1. The minimum atomic E-state index is -5.08. The van der Waals surface area contributed by atoms with E-state index < -0.39 is 27.8 Å². The van der Waals surface area contributed by atoms with E-state index in [0.717, 1.165) is 29.4 Å². The molecule has 0 atom stereocenters. The van der Waals surface area contributed by atoms with Gasteiger partial charge in [-0.1, -0.05) is 0 Å². The molecule has 0 unspecified atom stereocenters. The van der Waals surface area contributed by atoms with Gasteiger partial charge in [-0.2, -0.15) is 23.3 Å². The minimum absolute atomic E-state index is 0.239. The van der Waals surface area contributed by atoms with E-state index in [1.165, 1.54) is 12.1 Å². The second-order valence-corrected chi connectivity index (χ2v) is 8.90. The topological polar surface area (TPSA) is 139 Å². The molecule has 0 bridgehead atoms. The summed E-state index contributed by atoms with van der Waals surface area (Å²) in [6.07, 6.45) is -2.58. The first-order chi connectivity index (χ1) is 15.6. The summed E-state index contributed by atoms with van der Waals surface area (Å²) in [5.74, 6) is -1.99. The Balaban J connectivity index is 0.000000509. The Kier molecular flexibility index (Phi) is 7.82. The molecule has 0 saturated heterocycles. The fourth-order valence-corrected chi connectivity index (χ4v) is 3.31. The molecule has 15 heteroatoms. The number of nitrogens with zero attached hydrogens (tertiary/aromatic N) is 4. The van der Waals surface area contributed by atoms with Crippen molar-refractivity contribution >= 4 is 39.1 Å². The molecule has 0 saturated carbocycles. The molecular formula is C19H20F4N6O4S. The van der Waals surface area contributed by atoms with Crippen molar-refractivity contribution < 1.29 is 35.9 Å². The highest BCUT2D eigenvalue weighted by atomic mass is 32.2. The third-order valence-corrected chi connectivity index (χ3v) is 5.36. The molecule has 3 rings (SSSR count). The smallest absolute Gasteiger partial charge is 0.475 e. The van der Waals surface area contributed by atoms with Gasteiger partial charge in [0, 0.05) is 30.8 Å². The van der Waals surface area contributed by atoms with Crippen LogP contribution in [0.25, 0.3) is 0 Å². The first-order valence-electron chi connectivity index (χ1n) is 9.26. The van der Waals surface area contributed by atoms with Crippen LogP contribution in [0.3, 0.4) is 0 Å². The Labute approximate surface area is 191 Å². The number of aliphatic carboxylic acids is 1. The lowest BCUT2D eigenvalue weighted by Crippen LogP contribution is -2.21. The Hall–Kier alpha value is -3.75. The molecular weight excluding hydrogens is 484 g/mol. The number of aromatic nitrogens is 4. The van der Waals surface area contributed by atoms with Crippen molar-refractivity contribution in [2.75, 3.05) is 16.9 Å². The average Bonchev–Trinajstić information content (AvgIpc) is 2.95. The van der Waals surface area contributed by atoms with Crippen LogP contribution < -0.4 is 10.6 Å². The van der Waals surface area contributed by atoms with Crippen molar-refractivity contribution in [3.05, 3.63) is 47.5 Å².